The molecule has 0 aliphatic carbocycles. The van der Waals surface area contributed by atoms with Crippen molar-refractivity contribution in [3.8, 4) is 0 Å². The van der Waals surface area contributed by atoms with Crippen LogP contribution in [-0.4, -0.2) is 86.2 Å². The summed E-state index contributed by atoms with van der Waals surface area (Å²) in [5.74, 6) is -2.69. The minimum absolute atomic E-state index is 0.214. The van der Waals surface area contributed by atoms with Crippen molar-refractivity contribution in [2.75, 3.05) is 26.4 Å². The van der Waals surface area contributed by atoms with Crippen LogP contribution < -0.4 is 0 Å². The fraction of sp³-hybridized carbons (Fsp3) is 1.00. The first-order valence-corrected chi connectivity index (χ1v) is 11.2. The quantitative estimate of drug-likeness (QED) is 0.610. The van der Waals surface area contributed by atoms with E-state index in [9.17, 15) is 0 Å². The Labute approximate surface area is 184 Å². The molecule has 0 bridgehead atoms. The Bertz CT molecular complexity index is 593. The second kappa shape index (κ2) is 8.14. The topological polar surface area (TPSA) is 83.1 Å². The minimum atomic E-state index is -0.715. The van der Waals surface area contributed by atoms with Crippen LogP contribution in [-0.2, 0) is 42.6 Å². The van der Waals surface area contributed by atoms with Gasteiger partial charge in [0.05, 0.1) is 26.4 Å². The van der Waals surface area contributed by atoms with Gasteiger partial charge in [-0.3, -0.25) is 0 Å². The van der Waals surface area contributed by atoms with Crippen molar-refractivity contribution < 1.29 is 42.6 Å². The fourth-order valence-electron chi connectivity index (χ4n) is 4.67. The first kappa shape index (κ1) is 23.8. The molecule has 0 N–H and O–H groups in total. The number of hydrogen-bond acceptors (Lipinski definition) is 9. The molecule has 0 radical (unpaired) electrons. The lowest BCUT2D eigenvalue weighted by atomic mass is 10.1. The average Bonchev–Trinajstić information content (AvgIpc) is 3.32. The molecule has 4 rings (SSSR count). The maximum Gasteiger partial charge on any atom is 0.164 e. The summed E-state index contributed by atoms with van der Waals surface area (Å²) < 4.78 is 54.0. The molecule has 0 aromatic heterocycles. The smallest absolute Gasteiger partial charge is 0.164 e. The summed E-state index contributed by atoms with van der Waals surface area (Å²) >= 11 is 0. The molecule has 0 saturated carbocycles. The number of rotatable bonds is 6. The van der Waals surface area contributed by atoms with Gasteiger partial charge in [-0.05, 0) is 55.4 Å². The largest absolute Gasteiger partial charge is 0.376 e. The van der Waals surface area contributed by atoms with Crippen LogP contribution in [0.1, 0.15) is 55.4 Å². The fourth-order valence-corrected chi connectivity index (χ4v) is 4.67. The van der Waals surface area contributed by atoms with E-state index in [-0.39, 0.29) is 36.6 Å². The zero-order valence-corrected chi connectivity index (χ0v) is 20.0. The predicted octanol–water partition coefficient (Wildman–Crippen LogP) is 2.35. The minimum Gasteiger partial charge on any atom is -0.376 e. The van der Waals surface area contributed by atoms with E-state index in [4.69, 9.17) is 42.6 Å². The summed E-state index contributed by atoms with van der Waals surface area (Å²) in [6.45, 7) is 16.8. The van der Waals surface area contributed by atoms with Crippen LogP contribution in [0, 0.1) is 0 Å². The summed E-state index contributed by atoms with van der Waals surface area (Å²) in [4.78, 5) is 0. The van der Waals surface area contributed by atoms with Crippen LogP contribution in [0.5, 0.6) is 0 Å². The highest BCUT2D eigenvalue weighted by Crippen LogP contribution is 2.37. The van der Waals surface area contributed by atoms with Gasteiger partial charge in [0.1, 0.15) is 36.6 Å². The highest BCUT2D eigenvalue weighted by Gasteiger charge is 2.52. The van der Waals surface area contributed by atoms with Crippen molar-refractivity contribution in [2.24, 2.45) is 0 Å². The molecule has 180 valence electrons. The van der Waals surface area contributed by atoms with Gasteiger partial charge in [0.2, 0.25) is 0 Å². The van der Waals surface area contributed by atoms with Gasteiger partial charge in [-0.15, -0.1) is 0 Å². The zero-order valence-electron chi connectivity index (χ0n) is 20.0. The third-order valence-electron chi connectivity index (χ3n) is 5.80. The maximum absolute atomic E-state index is 6.12. The summed E-state index contributed by atoms with van der Waals surface area (Å²) in [6, 6.07) is 0. The van der Waals surface area contributed by atoms with Crippen LogP contribution in [0.2, 0.25) is 0 Å². The van der Waals surface area contributed by atoms with Crippen LogP contribution in [0.3, 0.4) is 0 Å². The van der Waals surface area contributed by atoms with Crippen LogP contribution in [0.15, 0.2) is 0 Å². The Morgan fingerprint density at radius 1 is 0.548 bits per heavy atom. The van der Waals surface area contributed by atoms with E-state index in [0.717, 1.165) is 0 Å². The van der Waals surface area contributed by atoms with E-state index in [1.807, 2.05) is 55.4 Å². The van der Waals surface area contributed by atoms with Crippen molar-refractivity contribution in [3.05, 3.63) is 0 Å². The Kier molecular flexibility index (Phi) is 6.25. The van der Waals surface area contributed by atoms with Crippen LogP contribution in [0.4, 0.5) is 0 Å². The third-order valence-corrected chi connectivity index (χ3v) is 5.80. The average molecular weight is 447 g/mol. The Hall–Kier alpha value is -0.360. The van der Waals surface area contributed by atoms with Crippen LogP contribution >= 0.6 is 0 Å². The maximum atomic E-state index is 6.12. The van der Waals surface area contributed by atoms with Gasteiger partial charge in [0, 0.05) is 0 Å². The van der Waals surface area contributed by atoms with E-state index >= 15 is 0 Å². The summed E-state index contributed by atoms with van der Waals surface area (Å²) in [5.41, 5.74) is 0. The zero-order chi connectivity index (χ0) is 22.7. The van der Waals surface area contributed by atoms with Gasteiger partial charge in [-0.1, -0.05) is 0 Å². The van der Waals surface area contributed by atoms with Crippen molar-refractivity contribution in [3.63, 3.8) is 0 Å². The van der Waals surface area contributed by atoms with E-state index in [2.05, 4.69) is 0 Å². The van der Waals surface area contributed by atoms with Crippen molar-refractivity contribution >= 4 is 0 Å². The third kappa shape index (κ3) is 5.59. The molecule has 9 nitrogen and oxygen atoms in total. The molecule has 0 aromatic rings. The second-order valence-electron chi connectivity index (χ2n) is 10.5. The first-order chi connectivity index (χ1) is 14.2. The molecule has 4 saturated heterocycles. The molecule has 4 fully saturated rings. The van der Waals surface area contributed by atoms with Gasteiger partial charge in [-0.25, -0.2) is 0 Å². The summed E-state index contributed by atoms with van der Waals surface area (Å²) in [7, 11) is 0. The van der Waals surface area contributed by atoms with E-state index in [1.165, 1.54) is 0 Å². The number of ether oxygens (including phenoxy) is 9. The highest BCUT2D eigenvalue weighted by molar-refractivity contribution is 4.92. The normalized spacial score (nSPS) is 43.0. The number of hydrogen-bond donors (Lipinski definition) is 0. The molecule has 0 aromatic carbocycles. The molecular weight excluding hydrogens is 408 g/mol. The summed E-state index contributed by atoms with van der Waals surface area (Å²) in [6.07, 6.45) is -1.55. The molecular formula is C22H38O9. The predicted molar refractivity (Wildman–Crippen MR) is 108 cm³/mol. The van der Waals surface area contributed by atoms with Gasteiger partial charge < -0.3 is 42.6 Å². The van der Waals surface area contributed by atoms with Gasteiger partial charge in [0.25, 0.3) is 0 Å². The van der Waals surface area contributed by atoms with Crippen molar-refractivity contribution in [2.45, 2.75) is 115 Å². The molecule has 0 amide bonds. The highest BCUT2D eigenvalue weighted by atomic mass is 16.8. The molecule has 4 aliphatic heterocycles. The Morgan fingerprint density at radius 2 is 0.935 bits per heavy atom. The molecule has 0 spiro atoms. The van der Waals surface area contributed by atoms with E-state index < -0.39 is 23.1 Å². The summed E-state index contributed by atoms with van der Waals surface area (Å²) in [5, 5.41) is 0. The lowest BCUT2D eigenvalue weighted by Gasteiger charge is -2.25. The van der Waals surface area contributed by atoms with Crippen LogP contribution in [0.25, 0.3) is 0 Å². The van der Waals surface area contributed by atoms with E-state index in [1.54, 1.807) is 0 Å². The molecule has 4 aliphatic rings. The second-order valence-corrected chi connectivity index (χ2v) is 10.5. The molecule has 4 heterocycles. The SMILES string of the molecule is CC1(C)OCC(C2OC(C)(C)OC2COCC2OC(C)(C)OC2C2COC(C)(C)O2)O1. The lowest BCUT2D eigenvalue weighted by Crippen LogP contribution is -2.42. The van der Waals surface area contributed by atoms with Gasteiger partial charge in [0.15, 0.2) is 23.1 Å². The Balaban J connectivity index is 1.34. The monoisotopic (exact) mass is 446 g/mol. The van der Waals surface area contributed by atoms with E-state index in [0.29, 0.717) is 26.4 Å². The van der Waals surface area contributed by atoms with Crippen molar-refractivity contribution in [1.82, 2.24) is 0 Å². The first-order valence-electron chi connectivity index (χ1n) is 11.2. The standard InChI is InChI=1S/C22H38O9/c1-19(2)24-11-15(26-19)17-13(28-21(5,6)30-17)9-23-10-14-18(31-22(7,8)29-14)16-12-25-20(3,4)27-16/h13-18H,9-12H2,1-8H3. The van der Waals surface area contributed by atoms with Crippen molar-refractivity contribution in [1.29, 1.82) is 0 Å². The van der Waals surface area contributed by atoms with Gasteiger partial charge >= 0.3 is 0 Å². The molecule has 9 heteroatoms. The lowest BCUT2D eigenvalue weighted by molar-refractivity contribution is -0.175. The Morgan fingerprint density at radius 3 is 1.26 bits per heavy atom. The molecule has 6 atom stereocenters. The van der Waals surface area contributed by atoms with Gasteiger partial charge in [-0.2, -0.15) is 0 Å². The molecule has 31 heavy (non-hydrogen) atoms. The molecule has 6 unspecified atom stereocenters.